The number of methoxy groups -OCH3 is 3. The van der Waals surface area contributed by atoms with E-state index in [0.717, 1.165) is 23.4 Å². The minimum Gasteiger partial charge on any atom is -0.493 e. The number of allylic oxidation sites excluding steroid dienone is 1. The molecular formula is C19H21N3O4. The third kappa shape index (κ3) is 3.51. The van der Waals surface area contributed by atoms with E-state index in [2.05, 4.69) is 22.5 Å². The SMILES string of the molecule is C=C1Cc2ccc(NC(=O)Nc3cc(OC)c(OC)c(OC)c3)cc2N1. The molecule has 2 amide bonds. The Morgan fingerprint density at radius 1 is 1.00 bits per heavy atom. The molecule has 0 atom stereocenters. The first-order valence-electron chi connectivity index (χ1n) is 7.99. The van der Waals surface area contributed by atoms with Crippen LogP contribution in [0.25, 0.3) is 0 Å². The highest BCUT2D eigenvalue weighted by atomic mass is 16.5. The number of carbonyl (C=O) groups is 1. The lowest BCUT2D eigenvalue weighted by atomic mass is 10.1. The summed E-state index contributed by atoms with van der Waals surface area (Å²) in [5.41, 5.74) is 4.26. The van der Waals surface area contributed by atoms with Gasteiger partial charge in [-0.1, -0.05) is 12.6 Å². The number of anilines is 3. The highest BCUT2D eigenvalue weighted by molar-refractivity contribution is 6.00. The Labute approximate surface area is 151 Å². The normalized spacial score (nSPS) is 12.0. The van der Waals surface area contributed by atoms with E-state index in [1.54, 1.807) is 12.1 Å². The molecule has 0 saturated carbocycles. The zero-order valence-corrected chi connectivity index (χ0v) is 14.9. The van der Waals surface area contributed by atoms with Crippen molar-refractivity contribution in [2.45, 2.75) is 6.42 Å². The second-order valence-electron chi connectivity index (χ2n) is 5.77. The number of benzene rings is 2. The third-order valence-electron chi connectivity index (χ3n) is 4.01. The average Bonchev–Trinajstić information content (AvgIpc) is 2.99. The van der Waals surface area contributed by atoms with Crippen molar-refractivity contribution >= 4 is 23.1 Å². The summed E-state index contributed by atoms with van der Waals surface area (Å²) in [5.74, 6) is 1.38. The Kier molecular flexibility index (Phi) is 4.88. The van der Waals surface area contributed by atoms with Crippen molar-refractivity contribution in [2.24, 2.45) is 0 Å². The molecule has 0 aromatic heterocycles. The lowest BCUT2D eigenvalue weighted by Crippen LogP contribution is -2.19. The minimum absolute atomic E-state index is 0.379. The lowest BCUT2D eigenvalue weighted by Gasteiger charge is -2.15. The molecule has 0 fully saturated rings. The number of hydrogen-bond donors (Lipinski definition) is 3. The topological polar surface area (TPSA) is 80.9 Å². The Morgan fingerprint density at radius 2 is 1.65 bits per heavy atom. The number of rotatable bonds is 5. The number of ether oxygens (including phenoxy) is 3. The highest BCUT2D eigenvalue weighted by Crippen LogP contribution is 2.40. The first-order valence-corrected chi connectivity index (χ1v) is 7.99. The van der Waals surface area contributed by atoms with Crippen LogP contribution >= 0.6 is 0 Å². The molecule has 1 heterocycles. The van der Waals surface area contributed by atoms with Crippen molar-refractivity contribution < 1.29 is 19.0 Å². The Balaban J connectivity index is 1.74. The number of nitrogens with one attached hydrogen (secondary N) is 3. The van der Waals surface area contributed by atoms with Gasteiger partial charge in [0.1, 0.15) is 0 Å². The van der Waals surface area contributed by atoms with E-state index >= 15 is 0 Å². The van der Waals surface area contributed by atoms with Crippen LogP contribution in [0.2, 0.25) is 0 Å². The maximum Gasteiger partial charge on any atom is 0.323 e. The molecule has 7 heteroatoms. The van der Waals surface area contributed by atoms with Crippen molar-refractivity contribution in [1.82, 2.24) is 0 Å². The molecular weight excluding hydrogens is 334 g/mol. The summed E-state index contributed by atoms with van der Waals surface area (Å²) in [6.45, 7) is 3.92. The maximum absolute atomic E-state index is 12.3. The van der Waals surface area contributed by atoms with Gasteiger partial charge >= 0.3 is 6.03 Å². The molecule has 0 bridgehead atoms. The average molecular weight is 355 g/mol. The largest absolute Gasteiger partial charge is 0.493 e. The van der Waals surface area contributed by atoms with Gasteiger partial charge < -0.3 is 30.2 Å². The van der Waals surface area contributed by atoms with Crippen LogP contribution in [0.15, 0.2) is 42.6 Å². The van der Waals surface area contributed by atoms with Gasteiger partial charge in [-0.3, -0.25) is 0 Å². The second kappa shape index (κ2) is 7.26. The summed E-state index contributed by atoms with van der Waals surface area (Å²) in [4.78, 5) is 12.3. The molecule has 26 heavy (non-hydrogen) atoms. The van der Waals surface area contributed by atoms with Gasteiger partial charge in [-0.15, -0.1) is 0 Å². The summed E-state index contributed by atoms with van der Waals surface area (Å²) in [5, 5.41) is 8.76. The summed E-state index contributed by atoms with van der Waals surface area (Å²) < 4.78 is 15.8. The van der Waals surface area contributed by atoms with Crippen LogP contribution in [-0.2, 0) is 6.42 Å². The third-order valence-corrected chi connectivity index (χ3v) is 4.01. The van der Waals surface area contributed by atoms with Gasteiger partial charge in [0.05, 0.1) is 27.0 Å². The predicted molar refractivity (Wildman–Crippen MR) is 102 cm³/mol. The number of fused-ring (bicyclic) bond motifs is 1. The smallest absolute Gasteiger partial charge is 0.323 e. The molecule has 0 unspecified atom stereocenters. The van der Waals surface area contributed by atoms with E-state index in [4.69, 9.17) is 14.2 Å². The number of urea groups is 1. The molecule has 0 aliphatic carbocycles. The lowest BCUT2D eigenvalue weighted by molar-refractivity contribution is 0.262. The predicted octanol–water partition coefficient (Wildman–Crippen LogP) is 3.84. The van der Waals surface area contributed by atoms with Crippen molar-refractivity contribution in [3.8, 4) is 17.2 Å². The van der Waals surface area contributed by atoms with Crippen LogP contribution in [0.1, 0.15) is 5.56 Å². The summed E-state index contributed by atoms with van der Waals surface area (Å²) in [6, 6.07) is 8.65. The van der Waals surface area contributed by atoms with E-state index in [1.165, 1.54) is 21.3 Å². The zero-order valence-electron chi connectivity index (χ0n) is 14.9. The molecule has 0 spiro atoms. The Morgan fingerprint density at radius 3 is 2.27 bits per heavy atom. The molecule has 0 radical (unpaired) electrons. The second-order valence-corrected chi connectivity index (χ2v) is 5.77. The van der Waals surface area contributed by atoms with Gasteiger partial charge in [-0.25, -0.2) is 4.79 Å². The summed E-state index contributed by atoms with van der Waals surface area (Å²) in [6.07, 6.45) is 0.799. The van der Waals surface area contributed by atoms with Crippen LogP contribution in [0.4, 0.5) is 21.9 Å². The first kappa shape index (κ1) is 17.5. The fraction of sp³-hybridized carbons (Fsp3) is 0.211. The van der Waals surface area contributed by atoms with Crippen LogP contribution < -0.4 is 30.2 Å². The molecule has 7 nitrogen and oxygen atoms in total. The van der Waals surface area contributed by atoms with Gasteiger partial charge in [-0.2, -0.15) is 0 Å². The molecule has 3 N–H and O–H groups in total. The van der Waals surface area contributed by atoms with E-state index in [-0.39, 0.29) is 6.03 Å². The Bertz CT molecular complexity index is 839. The van der Waals surface area contributed by atoms with Gasteiger partial charge in [0.15, 0.2) is 11.5 Å². The number of amides is 2. The standard InChI is InChI=1S/C19H21N3O4/c1-11-7-12-5-6-13(8-15(12)20-11)21-19(23)22-14-9-16(24-2)18(26-4)17(10-14)25-3/h5-6,8-10,20H,1,7H2,2-4H3,(H2,21,22,23). The van der Waals surface area contributed by atoms with Crippen LogP contribution in [0, 0.1) is 0 Å². The molecule has 0 saturated heterocycles. The van der Waals surface area contributed by atoms with Crippen molar-refractivity contribution in [2.75, 3.05) is 37.3 Å². The van der Waals surface area contributed by atoms with Crippen molar-refractivity contribution in [3.05, 3.63) is 48.2 Å². The van der Waals surface area contributed by atoms with E-state index in [9.17, 15) is 4.79 Å². The highest BCUT2D eigenvalue weighted by Gasteiger charge is 2.16. The number of hydrogen-bond acceptors (Lipinski definition) is 5. The molecule has 2 aromatic carbocycles. The quantitative estimate of drug-likeness (QED) is 0.759. The fourth-order valence-electron chi connectivity index (χ4n) is 2.84. The molecule has 136 valence electrons. The summed E-state index contributed by atoms with van der Waals surface area (Å²) in [7, 11) is 4.57. The number of carbonyl (C=O) groups excluding carboxylic acids is 1. The minimum atomic E-state index is -0.379. The van der Waals surface area contributed by atoms with E-state index < -0.39 is 0 Å². The van der Waals surface area contributed by atoms with E-state index in [0.29, 0.717) is 28.6 Å². The maximum atomic E-state index is 12.3. The van der Waals surface area contributed by atoms with Gasteiger partial charge in [0, 0.05) is 35.6 Å². The van der Waals surface area contributed by atoms with Crippen molar-refractivity contribution in [1.29, 1.82) is 0 Å². The zero-order chi connectivity index (χ0) is 18.7. The first-order chi connectivity index (χ1) is 12.5. The van der Waals surface area contributed by atoms with Crippen LogP contribution in [0.3, 0.4) is 0 Å². The fourth-order valence-corrected chi connectivity index (χ4v) is 2.84. The van der Waals surface area contributed by atoms with Crippen LogP contribution in [0.5, 0.6) is 17.2 Å². The van der Waals surface area contributed by atoms with Gasteiger partial charge in [-0.05, 0) is 17.7 Å². The van der Waals surface area contributed by atoms with Crippen LogP contribution in [-0.4, -0.2) is 27.4 Å². The monoisotopic (exact) mass is 355 g/mol. The van der Waals surface area contributed by atoms with Crippen molar-refractivity contribution in [3.63, 3.8) is 0 Å². The molecule has 1 aliphatic heterocycles. The molecule has 3 rings (SSSR count). The Hall–Kier alpha value is -3.35. The van der Waals surface area contributed by atoms with Gasteiger partial charge in [0.2, 0.25) is 5.75 Å². The summed E-state index contributed by atoms with van der Waals surface area (Å²) >= 11 is 0. The van der Waals surface area contributed by atoms with E-state index in [1.807, 2.05) is 18.2 Å². The molecule has 2 aromatic rings. The molecule has 1 aliphatic rings. The van der Waals surface area contributed by atoms with Gasteiger partial charge in [0.25, 0.3) is 0 Å².